The van der Waals surface area contributed by atoms with Crippen molar-refractivity contribution < 1.29 is 9.18 Å². The number of anilines is 1. The normalized spacial score (nSPS) is 22.2. The first-order valence-electron chi connectivity index (χ1n) is 9.34. The van der Waals surface area contributed by atoms with E-state index in [4.69, 9.17) is 5.73 Å². The summed E-state index contributed by atoms with van der Waals surface area (Å²) in [6, 6.07) is 0.150. The van der Waals surface area contributed by atoms with Gasteiger partial charge < -0.3 is 16.0 Å². The first-order chi connectivity index (χ1) is 12.8. The second kappa shape index (κ2) is 8.04. The minimum Gasteiger partial charge on any atom is -0.326 e. The van der Waals surface area contributed by atoms with E-state index in [9.17, 15) is 14.0 Å². The fraction of sp³-hybridized carbons (Fsp3) is 0.526. The minimum absolute atomic E-state index is 0.195. The van der Waals surface area contributed by atoms with Crippen LogP contribution in [0.5, 0.6) is 0 Å². The van der Waals surface area contributed by atoms with Crippen molar-refractivity contribution in [2.75, 3.05) is 5.32 Å². The number of hydrogen-bond donors (Lipinski definition) is 3. The van der Waals surface area contributed by atoms with Gasteiger partial charge in [0.05, 0.1) is 24.0 Å². The van der Waals surface area contributed by atoms with Crippen molar-refractivity contribution in [1.29, 1.82) is 0 Å². The zero-order valence-corrected chi connectivity index (χ0v) is 15.6. The minimum atomic E-state index is -0.552. The summed E-state index contributed by atoms with van der Waals surface area (Å²) >= 11 is 0. The summed E-state index contributed by atoms with van der Waals surface area (Å²) in [5, 5.41) is 6.98. The highest BCUT2D eigenvalue weighted by Crippen LogP contribution is 2.30. The lowest BCUT2D eigenvalue weighted by atomic mass is 9.79. The zero-order chi connectivity index (χ0) is 19.6. The Labute approximate surface area is 157 Å². The van der Waals surface area contributed by atoms with Gasteiger partial charge in [-0.3, -0.25) is 14.3 Å². The van der Waals surface area contributed by atoms with Crippen LogP contribution in [0.25, 0.3) is 0 Å². The molecule has 3 rings (SSSR count). The molecular formula is C19H26FN5O2. The van der Waals surface area contributed by atoms with Crippen LogP contribution in [-0.4, -0.2) is 26.7 Å². The van der Waals surface area contributed by atoms with Gasteiger partial charge in [-0.05, 0) is 37.7 Å². The molecule has 27 heavy (non-hydrogen) atoms. The molecule has 0 aliphatic heterocycles. The first kappa shape index (κ1) is 19.3. The van der Waals surface area contributed by atoms with Crippen molar-refractivity contribution in [2.24, 2.45) is 17.6 Å². The van der Waals surface area contributed by atoms with E-state index in [1.54, 1.807) is 13.1 Å². The van der Waals surface area contributed by atoms with Crippen LogP contribution < -0.4 is 16.6 Å². The van der Waals surface area contributed by atoms with Crippen molar-refractivity contribution in [3.63, 3.8) is 0 Å². The monoisotopic (exact) mass is 375 g/mol. The number of nitrogens with one attached hydrogen (secondary N) is 2. The van der Waals surface area contributed by atoms with Gasteiger partial charge in [-0.2, -0.15) is 5.10 Å². The summed E-state index contributed by atoms with van der Waals surface area (Å²) in [4.78, 5) is 26.7. The predicted octanol–water partition coefficient (Wildman–Crippen LogP) is 2.41. The Morgan fingerprint density at radius 1 is 1.41 bits per heavy atom. The molecule has 2 atom stereocenters. The number of pyridine rings is 1. The SMILES string of the molecule is CC1CCC(C(N)C(=O)Nc2cnn(C(C)c3cc(F)c[nH]c3=O)c2)CC1. The maximum absolute atomic E-state index is 13.4. The van der Waals surface area contributed by atoms with Crippen LogP contribution in [0.4, 0.5) is 10.1 Å². The number of nitrogens with two attached hydrogens (primary N) is 1. The fourth-order valence-corrected chi connectivity index (χ4v) is 3.63. The summed E-state index contributed by atoms with van der Waals surface area (Å²) in [5.41, 5.74) is 6.53. The maximum Gasteiger partial charge on any atom is 0.253 e. The fourth-order valence-electron chi connectivity index (χ4n) is 3.63. The molecule has 1 fully saturated rings. The van der Waals surface area contributed by atoms with Crippen LogP contribution in [0.2, 0.25) is 0 Å². The summed E-state index contributed by atoms with van der Waals surface area (Å²) in [5.74, 6) is 0.137. The van der Waals surface area contributed by atoms with E-state index < -0.39 is 17.9 Å². The number of halogens is 1. The molecular weight excluding hydrogens is 349 g/mol. The molecule has 1 amide bonds. The van der Waals surface area contributed by atoms with E-state index in [0.717, 1.165) is 31.9 Å². The van der Waals surface area contributed by atoms with Gasteiger partial charge in [0.2, 0.25) is 5.91 Å². The number of amides is 1. The Morgan fingerprint density at radius 3 is 2.81 bits per heavy atom. The van der Waals surface area contributed by atoms with E-state index in [1.807, 2.05) is 0 Å². The lowest BCUT2D eigenvalue weighted by molar-refractivity contribution is -0.118. The van der Waals surface area contributed by atoms with Crippen molar-refractivity contribution >= 4 is 11.6 Å². The van der Waals surface area contributed by atoms with Gasteiger partial charge >= 0.3 is 0 Å². The number of carbonyl (C=O) groups is 1. The molecule has 2 aromatic rings. The second-order valence-electron chi connectivity index (χ2n) is 7.52. The highest BCUT2D eigenvalue weighted by atomic mass is 19.1. The van der Waals surface area contributed by atoms with Gasteiger partial charge in [0.15, 0.2) is 0 Å². The van der Waals surface area contributed by atoms with Crippen molar-refractivity contribution in [3.8, 4) is 0 Å². The van der Waals surface area contributed by atoms with Crippen LogP contribution in [0.3, 0.4) is 0 Å². The predicted molar refractivity (Wildman–Crippen MR) is 101 cm³/mol. The van der Waals surface area contributed by atoms with Crippen LogP contribution in [0.1, 0.15) is 51.1 Å². The molecule has 0 radical (unpaired) electrons. The quantitative estimate of drug-likeness (QED) is 0.746. The van der Waals surface area contributed by atoms with Gasteiger partial charge in [0, 0.05) is 18.0 Å². The number of aromatic amines is 1. The van der Waals surface area contributed by atoms with Crippen LogP contribution >= 0.6 is 0 Å². The molecule has 0 saturated heterocycles. The molecule has 7 nitrogen and oxygen atoms in total. The average Bonchev–Trinajstić information content (AvgIpc) is 3.11. The molecule has 1 aliphatic rings. The summed E-state index contributed by atoms with van der Waals surface area (Å²) in [7, 11) is 0. The van der Waals surface area contributed by atoms with Gasteiger partial charge in [0.25, 0.3) is 5.56 Å². The number of nitrogens with zero attached hydrogens (tertiary/aromatic N) is 2. The lowest BCUT2D eigenvalue weighted by Gasteiger charge is -2.29. The van der Waals surface area contributed by atoms with Crippen LogP contribution in [-0.2, 0) is 4.79 Å². The van der Waals surface area contributed by atoms with Crippen molar-refractivity contribution in [3.05, 3.63) is 46.4 Å². The molecule has 8 heteroatoms. The van der Waals surface area contributed by atoms with Crippen LogP contribution in [0, 0.1) is 17.7 Å². The van der Waals surface area contributed by atoms with Crippen LogP contribution in [0.15, 0.2) is 29.5 Å². The largest absolute Gasteiger partial charge is 0.326 e. The first-order valence-corrected chi connectivity index (χ1v) is 9.34. The number of carbonyl (C=O) groups excluding carboxylic acids is 1. The standard InChI is InChI=1S/C19H26FN5O2/c1-11-3-5-13(6-4-11)17(21)19(27)24-15-9-23-25(10-15)12(2)16-7-14(20)8-22-18(16)26/h7-13,17H,3-6,21H2,1-2H3,(H,22,26)(H,24,27). The summed E-state index contributed by atoms with van der Waals surface area (Å²) < 4.78 is 14.9. The average molecular weight is 375 g/mol. The highest BCUT2D eigenvalue weighted by Gasteiger charge is 2.28. The van der Waals surface area contributed by atoms with Gasteiger partial charge in [-0.15, -0.1) is 0 Å². The Morgan fingerprint density at radius 2 is 2.11 bits per heavy atom. The molecule has 2 heterocycles. The molecule has 2 aromatic heterocycles. The van der Waals surface area contributed by atoms with E-state index in [-0.39, 0.29) is 22.9 Å². The van der Waals surface area contributed by atoms with E-state index in [0.29, 0.717) is 11.6 Å². The third-order valence-corrected chi connectivity index (χ3v) is 5.48. The molecule has 2 unspecified atom stereocenters. The Hall–Kier alpha value is -2.48. The lowest BCUT2D eigenvalue weighted by Crippen LogP contribution is -2.43. The van der Waals surface area contributed by atoms with Crippen molar-refractivity contribution in [1.82, 2.24) is 14.8 Å². The molecule has 1 saturated carbocycles. The highest BCUT2D eigenvalue weighted by molar-refractivity contribution is 5.94. The smallest absolute Gasteiger partial charge is 0.253 e. The molecule has 0 bridgehead atoms. The van der Waals surface area contributed by atoms with E-state index >= 15 is 0 Å². The van der Waals surface area contributed by atoms with E-state index in [2.05, 4.69) is 22.3 Å². The van der Waals surface area contributed by atoms with Gasteiger partial charge in [-0.25, -0.2) is 4.39 Å². The third-order valence-electron chi connectivity index (χ3n) is 5.48. The Kier molecular flexibility index (Phi) is 5.74. The van der Waals surface area contributed by atoms with E-state index in [1.165, 1.54) is 16.9 Å². The Bertz CT molecular complexity index is 854. The molecule has 4 N–H and O–H groups in total. The zero-order valence-electron chi connectivity index (χ0n) is 15.6. The number of aromatic nitrogens is 3. The molecule has 0 aromatic carbocycles. The van der Waals surface area contributed by atoms with Gasteiger partial charge in [0.1, 0.15) is 5.82 Å². The number of H-pyrrole nitrogens is 1. The summed E-state index contributed by atoms with van der Waals surface area (Å²) in [6.45, 7) is 3.96. The molecule has 1 aliphatic carbocycles. The maximum atomic E-state index is 13.4. The van der Waals surface area contributed by atoms with Gasteiger partial charge in [-0.1, -0.05) is 19.8 Å². The number of rotatable bonds is 5. The molecule has 146 valence electrons. The Balaban J connectivity index is 1.66. The third kappa shape index (κ3) is 4.44. The molecule has 0 spiro atoms. The summed E-state index contributed by atoms with van der Waals surface area (Å²) in [6.07, 6.45) is 8.26. The second-order valence-corrected chi connectivity index (χ2v) is 7.52. The number of hydrogen-bond acceptors (Lipinski definition) is 4. The topological polar surface area (TPSA) is 106 Å². The van der Waals surface area contributed by atoms with Crippen molar-refractivity contribution in [2.45, 2.75) is 51.6 Å².